The summed E-state index contributed by atoms with van der Waals surface area (Å²) in [5, 5.41) is 14.1. The van der Waals surface area contributed by atoms with Gasteiger partial charge in [0.2, 0.25) is 0 Å². The van der Waals surface area contributed by atoms with E-state index in [0.29, 0.717) is 42.6 Å². The normalized spacial score (nSPS) is 14.6. The molecule has 1 amide bonds. The summed E-state index contributed by atoms with van der Waals surface area (Å²) >= 11 is 5.92. The van der Waals surface area contributed by atoms with E-state index in [1.54, 1.807) is 43.6 Å². The number of hydrogen-bond donors (Lipinski definition) is 2. The van der Waals surface area contributed by atoms with Gasteiger partial charge in [-0.1, -0.05) is 11.6 Å². The van der Waals surface area contributed by atoms with E-state index in [9.17, 15) is 19.5 Å². The highest BCUT2D eigenvalue weighted by atomic mass is 35.5. The average Bonchev–Trinajstić information content (AvgIpc) is 3.34. The van der Waals surface area contributed by atoms with Gasteiger partial charge in [0.25, 0.3) is 11.5 Å². The van der Waals surface area contributed by atoms with E-state index < -0.39 is 17.5 Å². The summed E-state index contributed by atoms with van der Waals surface area (Å²) in [5.41, 5.74) is 1.06. The van der Waals surface area contributed by atoms with Crippen molar-refractivity contribution in [3.63, 3.8) is 0 Å². The number of hydrogen-bond acceptors (Lipinski definition) is 8. The molecule has 1 unspecified atom stereocenters. The van der Waals surface area contributed by atoms with Gasteiger partial charge in [0.15, 0.2) is 11.2 Å². The molecule has 4 aromatic rings. The van der Waals surface area contributed by atoms with Crippen molar-refractivity contribution in [2.45, 2.75) is 12.8 Å². The van der Waals surface area contributed by atoms with Gasteiger partial charge in [0.05, 0.1) is 24.8 Å². The molecule has 0 aliphatic carbocycles. The van der Waals surface area contributed by atoms with Crippen molar-refractivity contribution in [1.29, 1.82) is 0 Å². The average molecular weight is 539 g/mol. The predicted octanol–water partition coefficient (Wildman–Crippen LogP) is 0.875. The Hall–Kier alpha value is -4.16. The first kappa shape index (κ1) is 25.5. The summed E-state index contributed by atoms with van der Waals surface area (Å²) in [7, 11) is 2.94. The van der Waals surface area contributed by atoms with E-state index in [0.717, 1.165) is 10.3 Å². The summed E-state index contributed by atoms with van der Waals surface area (Å²) in [5.74, 6) is 0.446. The van der Waals surface area contributed by atoms with Crippen LogP contribution in [0.25, 0.3) is 11.2 Å². The lowest BCUT2D eigenvalue weighted by Crippen LogP contribution is -2.48. The van der Waals surface area contributed by atoms with Crippen molar-refractivity contribution in [3.8, 4) is 0 Å². The number of imidazole rings is 1. The molecule has 5 rings (SSSR count). The fourth-order valence-electron chi connectivity index (χ4n) is 4.54. The highest BCUT2D eigenvalue weighted by Gasteiger charge is 2.23. The number of rotatable bonds is 6. The quantitative estimate of drug-likeness (QED) is 0.346. The Morgan fingerprint density at radius 3 is 2.39 bits per heavy atom. The maximum atomic E-state index is 12.7. The fraction of sp³-hybridized carbons (Fsp3) is 0.320. The lowest BCUT2D eigenvalue weighted by atomic mass is 10.2. The monoisotopic (exact) mass is 538 g/mol. The maximum absolute atomic E-state index is 12.7. The summed E-state index contributed by atoms with van der Waals surface area (Å²) in [6, 6.07) is 10.6. The molecule has 1 aliphatic heterocycles. The molecule has 1 aromatic carbocycles. The Morgan fingerprint density at radius 1 is 1.03 bits per heavy atom. The molecular weight excluding hydrogens is 512 g/mol. The molecule has 198 valence electrons. The molecule has 12 nitrogen and oxygen atoms in total. The lowest BCUT2D eigenvalue weighted by Gasteiger charge is -2.36. The van der Waals surface area contributed by atoms with Gasteiger partial charge in [-0.25, -0.2) is 14.8 Å². The summed E-state index contributed by atoms with van der Waals surface area (Å²) in [6.07, 6.45) is 2.07. The van der Waals surface area contributed by atoms with E-state index in [4.69, 9.17) is 11.6 Å². The molecule has 0 spiro atoms. The molecule has 1 saturated heterocycles. The summed E-state index contributed by atoms with van der Waals surface area (Å²) < 4.78 is 3.81. The van der Waals surface area contributed by atoms with Crippen LogP contribution in [0, 0.1) is 0 Å². The Balaban J connectivity index is 1.19. The molecule has 13 heteroatoms. The zero-order valence-electron chi connectivity index (χ0n) is 20.9. The second-order valence-corrected chi connectivity index (χ2v) is 9.56. The van der Waals surface area contributed by atoms with Gasteiger partial charge >= 0.3 is 5.69 Å². The number of aryl methyl sites for hydroxylation is 1. The van der Waals surface area contributed by atoms with Crippen molar-refractivity contribution in [2.24, 2.45) is 14.1 Å². The van der Waals surface area contributed by atoms with Crippen LogP contribution in [0.15, 0.2) is 58.5 Å². The number of aromatic nitrogens is 5. The number of benzene rings is 1. The van der Waals surface area contributed by atoms with Crippen molar-refractivity contribution in [3.05, 3.63) is 80.3 Å². The van der Waals surface area contributed by atoms with Crippen molar-refractivity contribution < 1.29 is 9.90 Å². The molecule has 3 aromatic heterocycles. The second-order valence-electron chi connectivity index (χ2n) is 9.12. The number of aliphatic hydroxyl groups is 1. The van der Waals surface area contributed by atoms with E-state index in [1.165, 1.54) is 22.5 Å². The first-order chi connectivity index (χ1) is 18.2. The summed E-state index contributed by atoms with van der Waals surface area (Å²) in [4.78, 5) is 50.0. The van der Waals surface area contributed by atoms with E-state index in [-0.39, 0.29) is 23.6 Å². The van der Waals surface area contributed by atoms with Crippen LogP contribution in [-0.2, 0) is 20.6 Å². The Morgan fingerprint density at radius 2 is 1.74 bits per heavy atom. The number of aliphatic hydroxyl groups excluding tert-OH is 1. The zero-order chi connectivity index (χ0) is 27.0. The van der Waals surface area contributed by atoms with Crippen LogP contribution in [-0.4, -0.2) is 72.0 Å². The van der Waals surface area contributed by atoms with Gasteiger partial charge in [-0.3, -0.25) is 18.7 Å². The molecule has 4 heterocycles. The van der Waals surface area contributed by atoms with Crippen molar-refractivity contribution >= 4 is 40.2 Å². The van der Waals surface area contributed by atoms with Gasteiger partial charge in [-0.15, -0.1) is 0 Å². The number of halogens is 1. The van der Waals surface area contributed by atoms with Crippen molar-refractivity contribution in [1.82, 2.24) is 28.6 Å². The third-order valence-electron chi connectivity index (χ3n) is 6.67. The van der Waals surface area contributed by atoms with Crippen LogP contribution in [0.3, 0.4) is 0 Å². The molecule has 2 N–H and O–H groups in total. The summed E-state index contributed by atoms with van der Waals surface area (Å²) in [6.45, 7) is 2.54. The van der Waals surface area contributed by atoms with Gasteiger partial charge < -0.3 is 24.8 Å². The van der Waals surface area contributed by atoms with Gasteiger partial charge in [-0.2, -0.15) is 0 Å². The minimum atomic E-state index is -1.06. The number of anilines is 2. The molecule has 0 saturated carbocycles. The van der Waals surface area contributed by atoms with Gasteiger partial charge in [-0.05, 0) is 36.4 Å². The molecule has 0 radical (unpaired) electrons. The number of nitrogens with one attached hydrogen (secondary N) is 1. The number of piperazine rings is 1. The van der Waals surface area contributed by atoms with Crippen LogP contribution in [0.1, 0.15) is 10.4 Å². The van der Waals surface area contributed by atoms with Crippen LogP contribution in [0.4, 0.5) is 11.5 Å². The lowest BCUT2D eigenvalue weighted by molar-refractivity contribution is 0.0747. The largest absolute Gasteiger partial charge is 0.372 e. The molecule has 1 atom stereocenters. The van der Waals surface area contributed by atoms with E-state index in [1.807, 2.05) is 11.0 Å². The smallest absolute Gasteiger partial charge is 0.332 e. The molecule has 0 bridgehead atoms. The van der Waals surface area contributed by atoms with E-state index in [2.05, 4.69) is 20.2 Å². The third kappa shape index (κ3) is 4.87. The molecular formula is C25H27ClN8O4. The first-order valence-electron chi connectivity index (χ1n) is 12.0. The molecule has 1 aliphatic rings. The second kappa shape index (κ2) is 10.3. The number of amides is 1. The Labute approximate surface area is 222 Å². The first-order valence-corrected chi connectivity index (χ1v) is 12.4. The fourth-order valence-corrected chi connectivity index (χ4v) is 4.67. The van der Waals surface area contributed by atoms with Crippen LogP contribution in [0.5, 0.6) is 0 Å². The highest BCUT2D eigenvalue weighted by molar-refractivity contribution is 6.30. The minimum Gasteiger partial charge on any atom is -0.372 e. The van der Waals surface area contributed by atoms with E-state index >= 15 is 0 Å². The standard InChI is InChI=1S/C25H27ClN8O4/c1-30-22-21(24(37)31(2)25(30)38)34(15-28-22)14-20(35)29-19-8-7-18(13-27-19)32-9-11-33(12-10-32)23(36)16-3-5-17(26)6-4-16/h3-8,13,15,20,35H,9-12,14H2,1-2H3,(H,27,29). The molecule has 1 fully saturated rings. The SMILES string of the molecule is Cn1c(=O)c2c(ncn2CC(O)Nc2ccc(N3CCN(C(=O)c4ccc(Cl)cc4)CC3)cn2)n(C)c1=O. The maximum Gasteiger partial charge on any atom is 0.332 e. The number of pyridine rings is 1. The zero-order valence-corrected chi connectivity index (χ0v) is 21.7. The number of carbonyl (C=O) groups is 1. The van der Waals surface area contributed by atoms with Gasteiger partial charge in [0, 0.05) is 50.9 Å². The van der Waals surface area contributed by atoms with Crippen molar-refractivity contribution in [2.75, 3.05) is 36.4 Å². The van der Waals surface area contributed by atoms with Crippen LogP contribution in [0.2, 0.25) is 5.02 Å². The topological polar surface area (TPSA) is 131 Å². The third-order valence-corrected chi connectivity index (χ3v) is 6.92. The Kier molecular flexibility index (Phi) is 6.91. The van der Waals surface area contributed by atoms with Crippen LogP contribution < -0.4 is 21.5 Å². The predicted molar refractivity (Wildman–Crippen MR) is 144 cm³/mol. The molecule has 38 heavy (non-hydrogen) atoms. The number of fused-ring (bicyclic) bond motifs is 1. The number of carbonyl (C=O) groups excluding carboxylic acids is 1. The minimum absolute atomic E-state index is 0.0151. The highest BCUT2D eigenvalue weighted by Crippen LogP contribution is 2.19. The van der Waals surface area contributed by atoms with Gasteiger partial charge in [0.1, 0.15) is 12.0 Å². The number of nitrogens with zero attached hydrogens (tertiary/aromatic N) is 7. The van der Waals surface area contributed by atoms with Crippen LogP contribution >= 0.6 is 11.6 Å². The Bertz CT molecular complexity index is 1590.